The van der Waals surface area contributed by atoms with Gasteiger partial charge < -0.3 is 5.32 Å². The fourth-order valence-electron chi connectivity index (χ4n) is 1.42. The molecule has 0 fully saturated rings. The minimum Gasteiger partial charge on any atom is -0.320 e. The molecule has 1 N–H and O–H groups in total. The Hall–Kier alpha value is -1.65. The largest absolute Gasteiger partial charge is 0.320 e. The average molecular weight is 282 g/mol. The lowest BCUT2D eigenvalue weighted by Gasteiger charge is -2.05. The van der Waals surface area contributed by atoms with Crippen LogP contribution in [0.3, 0.4) is 0 Å². The minimum absolute atomic E-state index is 0.257. The van der Waals surface area contributed by atoms with E-state index < -0.39 is 0 Å². The molecule has 0 aromatic carbocycles. The van der Waals surface area contributed by atoms with Crippen molar-refractivity contribution in [3.05, 3.63) is 52.0 Å². The zero-order chi connectivity index (χ0) is 13.1. The molecule has 0 atom stereocenters. The summed E-state index contributed by atoms with van der Waals surface area (Å²) < 4.78 is 0. The number of anilines is 1. The Kier molecular flexibility index (Phi) is 3.79. The first-order chi connectivity index (χ1) is 8.54. The number of hydrogen-bond acceptors (Lipinski definition) is 3. The topological polar surface area (TPSA) is 54.9 Å². The lowest BCUT2D eigenvalue weighted by Crippen LogP contribution is -2.14. The quantitative estimate of drug-likeness (QED) is 0.859. The van der Waals surface area contributed by atoms with Gasteiger partial charge in [-0.15, -0.1) is 0 Å². The number of carbonyl (C=O) groups is 1. The van der Waals surface area contributed by atoms with Crippen molar-refractivity contribution in [2.75, 3.05) is 5.32 Å². The van der Waals surface area contributed by atoms with Crippen LogP contribution in [0, 0.1) is 6.92 Å². The summed E-state index contributed by atoms with van der Waals surface area (Å²) in [6.45, 7) is 1.77. The van der Waals surface area contributed by atoms with E-state index in [-0.39, 0.29) is 11.6 Å². The van der Waals surface area contributed by atoms with Gasteiger partial charge in [-0.05, 0) is 31.2 Å². The van der Waals surface area contributed by atoms with Crippen molar-refractivity contribution in [2.24, 2.45) is 0 Å². The highest BCUT2D eigenvalue weighted by Crippen LogP contribution is 2.15. The van der Waals surface area contributed by atoms with Crippen LogP contribution >= 0.6 is 23.2 Å². The Labute approximate surface area is 114 Å². The number of hydrogen-bond donors (Lipinski definition) is 1. The van der Waals surface area contributed by atoms with Crippen molar-refractivity contribution in [1.29, 1.82) is 0 Å². The monoisotopic (exact) mass is 281 g/mol. The summed E-state index contributed by atoms with van der Waals surface area (Å²) in [6, 6.07) is 6.38. The summed E-state index contributed by atoms with van der Waals surface area (Å²) in [6.07, 6.45) is 1.51. The number of carbonyl (C=O) groups excluding carboxylic acids is 1. The molecule has 2 aromatic heterocycles. The Morgan fingerprint density at radius 2 is 2.06 bits per heavy atom. The Balaban J connectivity index is 2.22. The van der Waals surface area contributed by atoms with Gasteiger partial charge >= 0.3 is 0 Å². The third-order valence-corrected chi connectivity index (χ3v) is 2.56. The van der Waals surface area contributed by atoms with E-state index in [0.717, 1.165) is 0 Å². The third-order valence-electron chi connectivity index (χ3n) is 2.14. The van der Waals surface area contributed by atoms with Crippen LogP contribution in [0.25, 0.3) is 0 Å². The van der Waals surface area contributed by atoms with Crippen molar-refractivity contribution in [1.82, 2.24) is 9.97 Å². The molecule has 0 spiro atoms. The van der Waals surface area contributed by atoms with Crippen molar-refractivity contribution in [2.45, 2.75) is 6.92 Å². The number of aromatic nitrogens is 2. The molecule has 0 aliphatic rings. The Morgan fingerprint density at radius 3 is 2.72 bits per heavy atom. The minimum atomic E-state index is -0.345. The van der Waals surface area contributed by atoms with Gasteiger partial charge in [0.05, 0.1) is 0 Å². The standard InChI is InChI=1S/C12H9Cl2N3O/c1-7-4-8(13)5-10(16-7)12(18)17-9-2-3-15-11(14)6-9/h2-6H,1H3,(H,15,17,18). The Bertz CT molecular complexity index is 581. The SMILES string of the molecule is Cc1cc(Cl)cc(C(=O)Nc2ccnc(Cl)c2)n1. The number of pyridine rings is 2. The molecular weight excluding hydrogens is 273 g/mol. The van der Waals surface area contributed by atoms with Gasteiger partial charge in [0, 0.05) is 22.6 Å². The predicted octanol–water partition coefficient (Wildman–Crippen LogP) is 3.34. The molecule has 0 saturated carbocycles. The summed E-state index contributed by atoms with van der Waals surface area (Å²) in [5, 5.41) is 3.45. The smallest absolute Gasteiger partial charge is 0.274 e. The van der Waals surface area contributed by atoms with Crippen molar-refractivity contribution in [3.63, 3.8) is 0 Å². The van der Waals surface area contributed by atoms with Crippen LogP contribution in [-0.4, -0.2) is 15.9 Å². The van der Waals surface area contributed by atoms with E-state index in [1.165, 1.54) is 12.3 Å². The molecule has 4 nitrogen and oxygen atoms in total. The molecule has 2 heterocycles. The molecule has 1 amide bonds. The maximum Gasteiger partial charge on any atom is 0.274 e. The van der Waals surface area contributed by atoms with Gasteiger partial charge in [-0.1, -0.05) is 23.2 Å². The lowest BCUT2D eigenvalue weighted by molar-refractivity contribution is 0.102. The number of nitrogens with one attached hydrogen (secondary N) is 1. The molecule has 6 heteroatoms. The molecule has 0 aliphatic carbocycles. The molecule has 0 bridgehead atoms. The maximum absolute atomic E-state index is 11.9. The van der Waals surface area contributed by atoms with E-state index in [9.17, 15) is 4.79 Å². The molecule has 92 valence electrons. The normalized spacial score (nSPS) is 10.2. The second-order valence-corrected chi connectivity index (χ2v) is 4.46. The van der Waals surface area contributed by atoms with Crippen LogP contribution in [0.5, 0.6) is 0 Å². The average Bonchev–Trinajstić information content (AvgIpc) is 2.27. The van der Waals surface area contributed by atoms with E-state index in [2.05, 4.69) is 15.3 Å². The van der Waals surface area contributed by atoms with Gasteiger partial charge in [0.15, 0.2) is 0 Å². The number of aryl methyl sites for hydroxylation is 1. The van der Waals surface area contributed by atoms with E-state index in [4.69, 9.17) is 23.2 Å². The molecular formula is C12H9Cl2N3O. The first-order valence-corrected chi connectivity index (χ1v) is 5.87. The Morgan fingerprint density at radius 1 is 1.28 bits per heavy atom. The number of rotatable bonds is 2. The van der Waals surface area contributed by atoms with Gasteiger partial charge in [0.1, 0.15) is 10.8 Å². The predicted molar refractivity (Wildman–Crippen MR) is 71.2 cm³/mol. The summed E-state index contributed by atoms with van der Waals surface area (Å²) in [7, 11) is 0. The van der Waals surface area contributed by atoms with Gasteiger partial charge in [-0.3, -0.25) is 4.79 Å². The van der Waals surface area contributed by atoms with E-state index >= 15 is 0 Å². The first kappa shape index (κ1) is 12.8. The summed E-state index contributed by atoms with van der Waals surface area (Å²) in [5.41, 5.74) is 1.49. The number of nitrogens with zero attached hydrogens (tertiary/aromatic N) is 2. The third kappa shape index (κ3) is 3.18. The first-order valence-electron chi connectivity index (χ1n) is 5.12. The van der Waals surface area contributed by atoms with Crippen molar-refractivity contribution < 1.29 is 4.79 Å². The van der Waals surface area contributed by atoms with E-state index in [1.807, 2.05) is 0 Å². The van der Waals surface area contributed by atoms with Crippen molar-refractivity contribution >= 4 is 34.8 Å². The van der Waals surface area contributed by atoms with Gasteiger partial charge in [-0.2, -0.15) is 0 Å². The summed E-state index contributed by atoms with van der Waals surface area (Å²) in [4.78, 5) is 19.9. The van der Waals surface area contributed by atoms with Gasteiger partial charge in [0.2, 0.25) is 0 Å². The second kappa shape index (κ2) is 5.33. The highest BCUT2D eigenvalue weighted by molar-refractivity contribution is 6.31. The summed E-state index contributed by atoms with van der Waals surface area (Å²) >= 11 is 11.6. The maximum atomic E-state index is 11.9. The lowest BCUT2D eigenvalue weighted by atomic mass is 10.3. The van der Waals surface area contributed by atoms with Crippen LogP contribution in [0.15, 0.2) is 30.5 Å². The van der Waals surface area contributed by atoms with Crippen LogP contribution in [-0.2, 0) is 0 Å². The molecule has 2 aromatic rings. The molecule has 18 heavy (non-hydrogen) atoms. The number of halogens is 2. The van der Waals surface area contributed by atoms with E-state index in [0.29, 0.717) is 21.6 Å². The van der Waals surface area contributed by atoms with Crippen LogP contribution < -0.4 is 5.32 Å². The fourth-order valence-corrected chi connectivity index (χ4v) is 1.85. The fraction of sp³-hybridized carbons (Fsp3) is 0.0833. The zero-order valence-corrected chi connectivity index (χ0v) is 11.0. The molecule has 0 unspecified atom stereocenters. The van der Waals surface area contributed by atoms with E-state index in [1.54, 1.807) is 25.1 Å². The summed E-state index contributed by atoms with van der Waals surface area (Å²) in [5.74, 6) is -0.345. The second-order valence-electron chi connectivity index (χ2n) is 3.63. The van der Waals surface area contributed by atoms with Crippen LogP contribution in [0.1, 0.15) is 16.2 Å². The van der Waals surface area contributed by atoms with Gasteiger partial charge in [0.25, 0.3) is 5.91 Å². The zero-order valence-electron chi connectivity index (χ0n) is 9.45. The van der Waals surface area contributed by atoms with Crippen LogP contribution in [0.2, 0.25) is 10.2 Å². The van der Waals surface area contributed by atoms with Gasteiger partial charge in [-0.25, -0.2) is 9.97 Å². The highest BCUT2D eigenvalue weighted by atomic mass is 35.5. The highest BCUT2D eigenvalue weighted by Gasteiger charge is 2.09. The molecule has 0 saturated heterocycles. The van der Waals surface area contributed by atoms with Crippen LogP contribution in [0.4, 0.5) is 5.69 Å². The van der Waals surface area contributed by atoms with Crippen molar-refractivity contribution in [3.8, 4) is 0 Å². The molecule has 0 aliphatic heterocycles. The molecule has 2 rings (SSSR count). The number of amides is 1. The molecule has 0 radical (unpaired) electrons.